The third-order valence-corrected chi connectivity index (χ3v) is 4.69. The maximum atomic E-state index is 12.4. The molecule has 4 nitrogen and oxygen atoms in total. The Morgan fingerprint density at radius 2 is 2.32 bits per heavy atom. The average Bonchev–Trinajstić information content (AvgIpc) is 2.93. The number of amides is 1. The highest BCUT2D eigenvalue weighted by Crippen LogP contribution is 2.48. The summed E-state index contributed by atoms with van der Waals surface area (Å²) in [5.74, 6) is -0.00674. The van der Waals surface area contributed by atoms with Gasteiger partial charge in [-0.25, -0.2) is 0 Å². The molecule has 2 aliphatic heterocycles. The Balaban J connectivity index is 1.78. The van der Waals surface area contributed by atoms with Crippen LogP contribution in [0.4, 0.5) is 5.69 Å². The lowest BCUT2D eigenvalue weighted by molar-refractivity contribution is -0.127. The number of carbonyl (C=O) groups excluding carboxylic acids is 1. The van der Waals surface area contributed by atoms with Gasteiger partial charge >= 0.3 is 0 Å². The van der Waals surface area contributed by atoms with Gasteiger partial charge in [0.05, 0.1) is 23.3 Å². The molecule has 5 heteroatoms. The van der Waals surface area contributed by atoms with Crippen LogP contribution in [0.2, 0.25) is 0 Å². The van der Waals surface area contributed by atoms with Crippen LogP contribution in [0.3, 0.4) is 0 Å². The number of phenols is 1. The number of benzene rings is 1. The Kier molecular flexibility index (Phi) is 3.06. The predicted octanol–water partition coefficient (Wildman–Crippen LogP) is 3.05. The van der Waals surface area contributed by atoms with E-state index >= 15 is 0 Å². The number of rotatable bonds is 2. The van der Waals surface area contributed by atoms with Crippen LogP contribution in [0.15, 0.2) is 22.7 Å². The first-order valence-electron chi connectivity index (χ1n) is 6.44. The minimum absolute atomic E-state index is 0.00934. The Morgan fingerprint density at radius 3 is 2.89 bits per heavy atom. The SMILES string of the molecule is CC1(C(=O)Nc2ccc(Br)cc2O)CC2CCC1O2. The van der Waals surface area contributed by atoms with Crippen molar-refractivity contribution in [3.05, 3.63) is 22.7 Å². The molecule has 2 heterocycles. The summed E-state index contributed by atoms with van der Waals surface area (Å²) in [4.78, 5) is 12.4. The molecular weight excluding hydrogens is 310 g/mol. The maximum absolute atomic E-state index is 12.4. The van der Waals surface area contributed by atoms with Crippen LogP contribution in [0, 0.1) is 5.41 Å². The molecule has 3 rings (SSSR count). The summed E-state index contributed by atoms with van der Waals surface area (Å²) in [6.07, 6.45) is 2.99. The summed E-state index contributed by atoms with van der Waals surface area (Å²) in [5.41, 5.74) is -0.0418. The molecule has 2 aliphatic rings. The molecular formula is C14H16BrNO3. The second-order valence-corrected chi connectivity index (χ2v) is 6.48. The van der Waals surface area contributed by atoms with E-state index < -0.39 is 5.41 Å². The van der Waals surface area contributed by atoms with E-state index in [9.17, 15) is 9.90 Å². The molecule has 2 fully saturated rings. The van der Waals surface area contributed by atoms with Crippen molar-refractivity contribution in [2.45, 2.75) is 38.4 Å². The van der Waals surface area contributed by atoms with Crippen LogP contribution in [-0.2, 0) is 9.53 Å². The van der Waals surface area contributed by atoms with Gasteiger partial charge in [-0.3, -0.25) is 4.79 Å². The lowest BCUT2D eigenvalue weighted by atomic mass is 9.75. The van der Waals surface area contributed by atoms with Gasteiger partial charge in [0.1, 0.15) is 5.75 Å². The number of hydrogen-bond donors (Lipinski definition) is 2. The normalized spacial score (nSPS) is 32.5. The van der Waals surface area contributed by atoms with Crippen molar-refractivity contribution >= 4 is 27.5 Å². The number of halogens is 1. The van der Waals surface area contributed by atoms with Gasteiger partial charge in [0.25, 0.3) is 0 Å². The van der Waals surface area contributed by atoms with E-state index in [1.165, 1.54) is 0 Å². The minimum atomic E-state index is -0.484. The second kappa shape index (κ2) is 4.49. The average molecular weight is 326 g/mol. The first-order chi connectivity index (χ1) is 8.99. The van der Waals surface area contributed by atoms with Crippen LogP contribution >= 0.6 is 15.9 Å². The molecule has 2 N–H and O–H groups in total. The lowest BCUT2D eigenvalue weighted by Gasteiger charge is -2.29. The summed E-state index contributed by atoms with van der Waals surface area (Å²) in [6.45, 7) is 1.95. The van der Waals surface area contributed by atoms with Gasteiger partial charge in [-0.15, -0.1) is 0 Å². The van der Waals surface area contributed by atoms with Crippen molar-refractivity contribution in [1.82, 2.24) is 0 Å². The van der Waals surface area contributed by atoms with Crippen LogP contribution in [0.1, 0.15) is 26.2 Å². The standard InChI is InChI=1S/C14H16BrNO3/c1-14(7-9-3-5-12(14)19-9)13(18)16-10-4-2-8(15)6-11(10)17/h2,4,6,9,12,17H,3,5,7H2,1H3,(H,16,18). The first kappa shape index (κ1) is 12.9. The van der Waals surface area contributed by atoms with Gasteiger partial charge in [0, 0.05) is 4.47 Å². The molecule has 19 heavy (non-hydrogen) atoms. The van der Waals surface area contributed by atoms with Gasteiger partial charge in [-0.05, 0) is 44.4 Å². The zero-order chi connectivity index (χ0) is 13.6. The fraction of sp³-hybridized carbons (Fsp3) is 0.500. The van der Waals surface area contributed by atoms with Crippen LogP contribution in [0.5, 0.6) is 5.75 Å². The van der Waals surface area contributed by atoms with Crippen molar-refractivity contribution in [1.29, 1.82) is 0 Å². The van der Waals surface area contributed by atoms with E-state index in [0.717, 1.165) is 23.7 Å². The number of carbonyl (C=O) groups is 1. The molecule has 3 unspecified atom stereocenters. The fourth-order valence-corrected chi connectivity index (χ4v) is 3.39. The van der Waals surface area contributed by atoms with Crippen molar-refractivity contribution in [2.75, 3.05) is 5.32 Å². The zero-order valence-electron chi connectivity index (χ0n) is 10.6. The van der Waals surface area contributed by atoms with Gasteiger partial charge in [-0.1, -0.05) is 15.9 Å². The van der Waals surface area contributed by atoms with Crippen LogP contribution < -0.4 is 5.32 Å². The Morgan fingerprint density at radius 1 is 1.53 bits per heavy atom. The lowest BCUT2D eigenvalue weighted by Crippen LogP contribution is -2.41. The molecule has 0 aromatic heterocycles. The number of ether oxygens (including phenoxy) is 1. The first-order valence-corrected chi connectivity index (χ1v) is 7.24. The van der Waals surface area contributed by atoms with E-state index in [1.54, 1.807) is 18.2 Å². The molecule has 1 amide bonds. The molecule has 0 spiro atoms. The summed E-state index contributed by atoms with van der Waals surface area (Å²) in [7, 11) is 0. The molecule has 1 aromatic rings. The summed E-state index contributed by atoms with van der Waals surface area (Å²) in [6, 6.07) is 5.04. The van der Waals surface area contributed by atoms with E-state index in [4.69, 9.17) is 4.74 Å². The number of fused-ring (bicyclic) bond motifs is 2. The van der Waals surface area contributed by atoms with Gasteiger partial charge in [0.15, 0.2) is 0 Å². The van der Waals surface area contributed by atoms with E-state index in [1.807, 2.05) is 6.92 Å². The van der Waals surface area contributed by atoms with Crippen molar-refractivity contribution in [3.63, 3.8) is 0 Å². The molecule has 0 saturated carbocycles. The van der Waals surface area contributed by atoms with Gasteiger partial charge in [0.2, 0.25) is 5.91 Å². The molecule has 0 aliphatic carbocycles. The van der Waals surface area contributed by atoms with Crippen LogP contribution in [-0.4, -0.2) is 23.2 Å². The second-order valence-electron chi connectivity index (χ2n) is 5.56. The maximum Gasteiger partial charge on any atom is 0.233 e. The number of hydrogen-bond acceptors (Lipinski definition) is 3. The zero-order valence-corrected chi connectivity index (χ0v) is 12.2. The van der Waals surface area contributed by atoms with E-state index in [0.29, 0.717) is 5.69 Å². The molecule has 1 aromatic carbocycles. The highest BCUT2D eigenvalue weighted by atomic mass is 79.9. The number of nitrogens with one attached hydrogen (secondary N) is 1. The topological polar surface area (TPSA) is 58.6 Å². The van der Waals surface area contributed by atoms with E-state index in [-0.39, 0.29) is 23.9 Å². The van der Waals surface area contributed by atoms with Crippen molar-refractivity contribution < 1.29 is 14.6 Å². The Labute approximate surface area is 120 Å². The van der Waals surface area contributed by atoms with Gasteiger partial charge < -0.3 is 15.2 Å². The summed E-state index contributed by atoms with van der Waals surface area (Å²) >= 11 is 3.27. The molecule has 2 saturated heterocycles. The number of aromatic hydroxyl groups is 1. The Bertz CT molecular complexity index is 533. The molecule has 2 bridgehead atoms. The largest absolute Gasteiger partial charge is 0.506 e. The summed E-state index contributed by atoms with van der Waals surface area (Å²) < 4.78 is 6.54. The minimum Gasteiger partial charge on any atom is -0.506 e. The predicted molar refractivity (Wildman–Crippen MR) is 75.1 cm³/mol. The molecule has 102 valence electrons. The van der Waals surface area contributed by atoms with E-state index in [2.05, 4.69) is 21.2 Å². The quantitative estimate of drug-likeness (QED) is 0.821. The van der Waals surface area contributed by atoms with Crippen molar-refractivity contribution in [3.8, 4) is 5.75 Å². The number of anilines is 1. The third-order valence-electron chi connectivity index (χ3n) is 4.20. The smallest absolute Gasteiger partial charge is 0.233 e. The molecule has 3 atom stereocenters. The number of phenolic OH excluding ortho intramolecular Hbond substituents is 1. The highest BCUT2D eigenvalue weighted by Gasteiger charge is 2.53. The van der Waals surface area contributed by atoms with Gasteiger partial charge in [-0.2, -0.15) is 0 Å². The Hall–Kier alpha value is -1.07. The third kappa shape index (κ3) is 2.15. The summed E-state index contributed by atoms with van der Waals surface area (Å²) in [5, 5.41) is 12.6. The fourth-order valence-electron chi connectivity index (χ4n) is 3.04. The highest BCUT2D eigenvalue weighted by molar-refractivity contribution is 9.10. The monoisotopic (exact) mass is 325 g/mol. The van der Waals surface area contributed by atoms with Crippen LogP contribution in [0.25, 0.3) is 0 Å². The van der Waals surface area contributed by atoms with Crippen molar-refractivity contribution in [2.24, 2.45) is 5.41 Å². The molecule has 0 radical (unpaired) electrons.